The Labute approximate surface area is 126 Å². The van der Waals surface area contributed by atoms with Gasteiger partial charge in [-0.15, -0.1) is 11.8 Å². The quantitative estimate of drug-likeness (QED) is 0.764. The summed E-state index contributed by atoms with van der Waals surface area (Å²) >= 11 is 1.90. The number of rotatable bonds is 6. The molecule has 0 radical (unpaired) electrons. The van der Waals surface area contributed by atoms with Crippen LogP contribution in [0.2, 0.25) is 0 Å². The van der Waals surface area contributed by atoms with E-state index in [1.54, 1.807) is 0 Å². The van der Waals surface area contributed by atoms with E-state index in [1.165, 1.54) is 21.6 Å². The second kappa shape index (κ2) is 7.51. The molecule has 2 rings (SSSR count). The highest BCUT2D eigenvalue weighted by Crippen LogP contribution is 2.25. The molecule has 0 saturated carbocycles. The summed E-state index contributed by atoms with van der Waals surface area (Å²) in [6, 6.07) is 18.2. The minimum Gasteiger partial charge on any atom is -0.313 e. The van der Waals surface area contributed by atoms with Crippen LogP contribution < -0.4 is 5.32 Å². The maximum Gasteiger partial charge on any atom is 0.0289 e. The van der Waals surface area contributed by atoms with Crippen molar-refractivity contribution in [2.75, 3.05) is 7.05 Å². The minimum atomic E-state index is 0.402. The molecule has 2 heteroatoms. The molecule has 0 aromatic heterocycles. The van der Waals surface area contributed by atoms with E-state index in [0.717, 1.165) is 12.2 Å². The molecule has 1 atom stereocenters. The molecular weight excluding hydrogens is 262 g/mol. The molecule has 2 aromatic rings. The monoisotopic (exact) mass is 285 g/mol. The molecule has 0 amide bonds. The first-order valence-electron chi connectivity index (χ1n) is 7.20. The van der Waals surface area contributed by atoms with Gasteiger partial charge in [-0.3, -0.25) is 0 Å². The molecule has 0 bridgehead atoms. The number of nitrogens with one attached hydrogen (secondary N) is 1. The summed E-state index contributed by atoms with van der Waals surface area (Å²) in [5.74, 6) is 1.03. The maximum atomic E-state index is 3.29. The summed E-state index contributed by atoms with van der Waals surface area (Å²) in [5.41, 5.74) is 4.14. The Kier molecular flexibility index (Phi) is 5.69. The van der Waals surface area contributed by atoms with Gasteiger partial charge in [-0.1, -0.05) is 43.3 Å². The van der Waals surface area contributed by atoms with E-state index >= 15 is 0 Å². The number of thioether (sulfide) groups is 1. The molecule has 0 spiro atoms. The molecule has 0 saturated heterocycles. The lowest BCUT2D eigenvalue weighted by Crippen LogP contribution is -2.11. The highest BCUT2D eigenvalue weighted by atomic mass is 32.2. The van der Waals surface area contributed by atoms with Gasteiger partial charge in [0.05, 0.1) is 0 Å². The fourth-order valence-corrected chi connectivity index (χ4v) is 3.00. The lowest BCUT2D eigenvalue weighted by atomic mass is 10.1. The van der Waals surface area contributed by atoms with Gasteiger partial charge < -0.3 is 5.32 Å². The molecule has 2 aromatic carbocycles. The Morgan fingerprint density at radius 3 is 2.40 bits per heavy atom. The molecule has 20 heavy (non-hydrogen) atoms. The molecular formula is C18H23NS. The van der Waals surface area contributed by atoms with Gasteiger partial charge in [-0.25, -0.2) is 0 Å². The number of aryl methyl sites for hydroxylation is 1. The molecule has 1 nitrogen and oxygen atoms in total. The van der Waals surface area contributed by atoms with E-state index in [2.05, 4.69) is 67.7 Å². The van der Waals surface area contributed by atoms with Crippen molar-refractivity contribution in [3.63, 3.8) is 0 Å². The molecule has 106 valence electrons. The zero-order chi connectivity index (χ0) is 14.4. The van der Waals surface area contributed by atoms with Crippen LogP contribution in [0.3, 0.4) is 0 Å². The van der Waals surface area contributed by atoms with Crippen LogP contribution in [-0.4, -0.2) is 7.05 Å². The lowest BCUT2D eigenvalue weighted by Gasteiger charge is -2.12. The lowest BCUT2D eigenvalue weighted by molar-refractivity contribution is 0.651. The second-order valence-corrected chi connectivity index (χ2v) is 6.09. The third-order valence-corrected chi connectivity index (χ3v) is 4.69. The van der Waals surface area contributed by atoms with Gasteiger partial charge in [0.1, 0.15) is 0 Å². The van der Waals surface area contributed by atoms with E-state index in [1.807, 2.05) is 18.8 Å². The van der Waals surface area contributed by atoms with Crippen molar-refractivity contribution in [1.82, 2.24) is 5.32 Å². The summed E-state index contributed by atoms with van der Waals surface area (Å²) in [4.78, 5) is 1.34. The molecule has 0 aliphatic heterocycles. The Morgan fingerprint density at radius 2 is 1.75 bits per heavy atom. The van der Waals surface area contributed by atoms with Crippen LogP contribution in [0, 0.1) is 0 Å². The van der Waals surface area contributed by atoms with Crippen molar-refractivity contribution in [3.05, 3.63) is 65.2 Å². The van der Waals surface area contributed by atoms with E-state index in [0.29, 0.717) is 6.04 Å². The van der Waals surface area contributed by atoms with Crippen molar-refractivity contribution in [1.29, 1.82) is 0 Å². The SMILES string of the molecule is CCc1ccc(CSc2cccc(C(C)NC)c2)cc1. The Balaban J connectivity index is 1.99. The third-order valence-electron chi connectivity index (χ3n) is 3.63. The largest absolute Gasteiger partial charge is 0.313 e. The summed E-state index contributed by atoms with van der Waals surface area (Å²) in [5, 5.41) is 3.29. The van der Waals surface area contributed by atoms with Crippen LogP contribution in [0.15, 0.2) is 53.4 Å². The molecule has 0 heterocycles. The second-order valence-electron chi connectivity index (χ2n) is 5.04. The van der Waals surface area contributed by atoms with Gasteiger partial charge in [0.25, 0.3) is 0 Å². The third kappa shape index (κ3) is 4.12. The van der Waals surface area contributed by atoms with Gasteiger partial charge in [0, 0.05) is 16.7 Å². The van der Waals surface area contributed by atoms with Gasteiger partial charge in [-0.2, -0.15) is 0 Å². The van der Waals surface area contributed by atoms with Crippen molar-refractivity contribution < 1.29 is 0 Å². The average molecular weight is 285 g/mol. The number of hydrogen-bond donors (Lipinski definition) is 1. The highest BCUT2D eigenvalue weighted by molar-refractivity contribution is 7.98. The fourth-order valence-electron chi connectivity index (χ4n) is 2.08. The predicted octanol–water partition coefficient (Wildman–Crippen LogP) is 4.82. The van der Waals surface area contributed by atoms with Gasteiger partial charge in [0.15, 0.2) is 0 Å². The average Bonchev–Trinajstić information content (AvgIpc) is 2.53. The molecule has 0 fully saturated rings. The molecule has 0 aliphatic rings. The first-order chi connectivity index (χ1) is 9.72. The minimum absolute atomic E-state index is 0.402. The van der Waals surface area contributed by atoms with Crippen molar-refractivity contribution in [2.45, 2.75) is 37.0 Å². The van der Waals surface area contributed by atoms with E-state index < -0.39 is 0 Å². The zero-order valence-electron chi connectivity index (χ0n) is 12.5. The van der Waals surface area contributed by atoms with Gasteiger partial charge in [0.2, 0.25) is 0 Å². The smallest absolute Gasteiger partial charge is 0.0289 e. The number of benzene rings is 2. The predicted molar refractivity (Wildman–Crippen MR) is 89.3 cm³/mol. The standard InChI is InChI=1S/C18H23NS/c1-4-15-8-10-16(11-9-15)13-20-18-7-5-6-17(12-18)14(2)19-3/h5-12,14,19H,4,13H2,1-3H3. The van der Waals surface area contributed by atoms with Crippen molar-refractivity contribution in [2.24, 2.45) is 0 Å². The summed E-state index contributed by atoms with van der Waals surface area (Å²) in [6.07, 6.45) is 1.11. The summed E-state index contributed by atoms with van der Waals surface area (Å²) in [6.45, 7) is 4.38. The van der Waals surface area contributed by atoms with Crippen LogP contribution >= 0.6 is 11.8 Å². The summed E-state index contributed by atoms with van der Waals surface area (Å²) in [7, 11) is 2.00. The van der Waals surface area contributed by atoms with Crippen molar-refractivity contribution >= 4 is 11.8 Å². The van der Waals surface area contributed by atoms with E-state index in [4.69, 9.17) is 0 Å². The van der Waals surface area contributed by atoms with Gasteiger partial charge >= 0.3 is 0 Å². The summed E-state index contributed by atoms with van der Waals surface area (Å²) < 4.78 is 0. The van der Waals surface area contributed by atoms with Crippen LogP contribution in [-0.2, 0) is 12.2 Å². The molecule has 0 aliphatic carbocycles. The molecule has 1 unspecified atom stereocenters. The first-order valence-corrected chi connectivity index (χ1v) is 8.19. The Hall–Kier alpha value is -1.25. The maximum absolute atomic E-state index is 3.29. The van der Waals surface area contributed by atoms with Crippen LogP contribution in [0.5, 0.6) is 0 Å². The normalized spacial score (nSPS) is 12.3. The Bertz CT molecular complexity index is 533. The number of hydrogen-bond acceptors (Lipinski definition) is 2. The van der Waals surface area contributed by atoms with Crippen LogP contribution in [0.4, 0.5) is 0 Å². The highest BCUT2D eigenvalue weighted by Gasteiger charge is 2.03. The zero-order valence-corrected chi connectivity index (χ0v) is 13.3. The Morgan fingerprint density at radius 1 is 1.05 bits per heavy atom. The topological polar surface area (TPSA) is 12.0 Å². The van der Waals surface area contributed by atoms with Gasteiger partial charge in [-0.05, 0) is 49.2 Å². The van der Waals surface area contributed by atoms with E-state index in [9.17, 15) is 0 Å². The molecule has 1 N–H and O–H groups in total. The fraction of sp³-hybridized carbons (Fsp3) is 0.333. The van der Waals surface area contributed by atoms with Crippen LogP contribution in [0.1, 0.15) is 36.6 Å². The van der Waals surface area contributed by atoms with E-state index in [-0.39, 0.29) is 0 Å². The van der Waals surface area contributed by atoms with Crippen LogP contribution in [0.25, 0.3) is 0 Å². The van der Waals surface area contributed by atoms with Crippen molar-refractivity contribution in [3.8, 4) is 0 Å². The first kappa shape index (κ1) is 15.1.